The van der Waals surface area contributed by atoms with Crippen molar-refractivity contribution < 1.29 is 4.74 Å². The second-order valence-electron chi connectivity index (χ2n) is 9.90. The molecule has 3 heterocycles. The fourth-order valence-electron chi connectivity index (χ4n) is 4.61. The van der Waals surface area contributed by atoms with E-state index in [1.54, 1.807) is 4.57 Å². The molecule has 0 N–H and O–H groups in total. The molecule has 0 bridgehead atoms. The molecule has 0 unspecified atom stereocenters. The van der Waals surface area contributed by atoms with Crippen LogP contribution in [0.1, 0.15) is 38.6 Å². The Hall–Kier alpha value is -1.86. The number of rotatable bonds is 6. The predicted octanol–water partition coefficient (Wildman–Crippen LogP) is 4.75. The molecule has 6 nitrogen and oxygen atoms in total. The molecule has 4 rings (SSSR count). The summed E-state index contributed by atoms with van der Waals surface area (Å²) in [6, 6.07) is 3.51. The Balaban J connectivity index is 1.73. The van der Waals surface area contributed by atoms with Crippen molar-refractivity contribution in [3.8, 4) is 0 Å². The average molecular weight is 415 g/mol. The van der Waals surface area contributed by atoms with Crippen LogP contribution in [0.2, 0.25) is 25.7 Å². The Labute approximate surface area is 173 Å². The smallest absolute Gasteiger partial charge is 0.329 e. The Morgan fingerprint density at radius 2 is 2.00 bits per heavy atom. The van der Waals surface area contributed by atoms with Gasteiger partial charge in [0, 0.05) is 39.4 Å². The van der Waals surface area contributed by atoms with Gasteiger partial charge in [-0.3, -0.25) is 9.13 Å². The van der Waals surface area contributed by atoms with Crippen LogP contribution in [0.3, 0.4) is 0 Å². The molecule has 3 aromatic heterocycles. The van der Waals surface area contributed by atoms with Crippen LogP contribution in [0.4, 0.5) is 0 Å². The summed E-state index contributed by atoms with van der Waals surface area (Å²) in [5.74, 6) is 0.516. The molecule has 0 amide bonds. The minimum atomic E-state index is -1.10. The predicted molar refractivity (Wildman–Crippen MR) is 121 cm³/mol. The third-order valence-corrected chi connectivity index (χ3v) is 8.16. The summed E-state index contributed by atoms with van der Waals surface area (Å²) in [7, 11) is 0.763. The Morgan fingerprint density at radius 1 is 1.24 bits per heavy atom. The van der Waals surface area contributed by atoms with Gasteiger partial charge in [0.2, 0.25) is 0 Å². The normalized spacial score (nSPS) is 20.7. The van der Waals surface area contributed by atoms with E-state index in [4.69, 9.17) is 9.72 Å². The van der Waals surface area contributed by atoms with Crippen LogP contribution in [-0.2, 0) is 18.5 Å². The van der Waals surface area contributed by atoms with Gasteiger partial charge in [-0.05, 0) is 30.9 Å². The zero-order chi connectivity index (χ0) is 20.8. The number of aromatic nitrogens is 4. The van der Waals surface area contributed by atoms with Gasteiger partial charge in [0.05, 0.1) is 17.2 Å². The zero-order valence-electron chi connectivity index (χ0n) is 18.4. The average Bonchev–Trinajstić information content (AvgIpc) is 3.19. The highest BCUT2D eigenvalue weighted by Gasteiger charge is 2.28. The van der Waals surface area contributed by atoms with Crippen LogP contribution >= 0.6 is 0 Å². The van der Waals surface area contributed by atoms with E-state index in [0.717, 1.165) is 41.1 Å². The van der Waals surface area contributed by atoms with Crippen molar-refractivity contribution in [3.63, 3.8) is 0 Å². The van der Waals surface area contributed by atoms with Crippen LogP contribution in [0, 0.1) is 5.92 Å². The second kappa shape index (κ2) is 7.76. The molecule has 0 aromatic carbocycles. The summed E-state index contributed by atoms with van der Waals surface area (Å²) in [5.41, 5.74) is 2.92. The van der Waals surface area contributed by atoms with Gasteiger partial charge in [-0.25, -0.2) is 9.78 Å². The molecule has 1 saturated carbocycles. The Morgan fingerprint density at radius 3 is 2.72 bits per heavy atom. The number of pyridine rings is 1. The van der Waals surface area contributed by atoms with E-state index in [1.807, 2.05) is 19.4 Å². The molecular weight excluding hydrogens is 380 g/mol. The number of hydrogen-bond acceptors (Lipinski definition) is 3. The van der Waals surface area contributed by atoms with Crippen LogP contribution in [0.15, 0.2) is 23.3 Å². The largest absolute Gasteiger partial charge is 0.361 e. The minimum Gasteiger partial charge on any atom is -0.361 e. The first-order valence-corrected chi connectivity index (χ1v) is 14.6. The maximum absolute atomic E-state index is 13.2. The lowest BCUT2D eigenvalue weighted by Crippen LogP contribution is -2.31. The minimum absolute atomic E-state index is 0.0761. The van der Waals surface area contributed by atoms with E-state index in [9.17, 15) is 4.79 Å². The molecule has 0 aliphatic heterocycles. The highest BCUT2D eigenvalue weighted by molar-refractivity contribution is 6.76. The van der Waals surface area contributed by atoms with Gasteiger partial charge in [-0.1, -0.05) is 39.4 Å². The summed E-state index contributed by atoms with van der Waals surface area (Å²) in [4.78, 5) is 17.9. The maximum Gasteiger partial charge on any atom is 0.329 e. The first kappa shape index (κ1) is 20.4. The number of hydrogen-bond donors (Lipinski definition) is 0. The van der Waals surface area contributed by atoms with E-state index in [1.165, 1.54) is 19.3 Å². The van der Waals surface area contributed by atoms with Crippen molar-refractivity contribution in [2.75, 3.05) is 6.61 Å². The van der Waals surface area contributed by atoms with Gasteiger partial charge in [0.25, 0.3) is 0 Å². The monoisotopic (exact) mass is 414 g/mol. The lowest BCUT2D eigenvalue weighted by Gasteiger charge is -2.29. The second-order valence-corrected chi connectivity index (χ2v) is 15.5. The van der Waals surface area contributed by atoms with E-state index < -0.39 is 8.07 Å². The highest BCUT2D eigenvalue weighted by Crippen LogP contribution is 2.36. The lowest BCUT2D eigenvalue weighted by molar-refractivity contribution is 0.0899. The summed E-state index contributed by atoms with van der Waals surface area (Å²) < 4.78 is 11.8. The molecule has 2 atom stereocenters. The van der Waals surface area contributed by atoms with Gasteiger partial charge >= 0.3 is 5.69 Å². The third-order valence-electron chi connectivity index (χ3n) is 6.46. The first-order chi connectivity index (χ1) is 13.8. The molecule has 7 heteroatoms. The summed E-state index contributed by atoms with van der Waals surface area (Å²) in [5, 5.41) is 1.05. The topological polar surface area (TPSA) is 54.0 Å². The van der Waals surface area contributed by atoms with E-state index >= 15 is 0 Å². The van der Waals surface area contributed by atoms with Crippen molar-refractivity contribution in [1.29, 1.82) is 0 Å². The van der Waals surface area contributed by atoms with E-state index in [-0.39, 0.29) is 11.7 Å². The number of nitrogens with zero attached hydrogens (tertiary/aromatic N) is 4. The van der Waals surface area contributed by atoms with E-state index in [0.29, 0.717) is 12.6 Å². The molecule has 1 aliphatic carbocycles. The van der Waals surface area contributed by atoms with Crippen LogP contribution in [0.25, 0.3) is 22.1 Å². The van der Waals surface area contributed by atoms with Gasteiger partial charge in [0.1, 0.15) is 12.4 Å². The SMILES string of the molecule is C[C@@H]1CCCC[C@@H]1n1c(=O)n(C)c2cnc3c(ccn3COCC[Si](C)(C)C)c21. The standard InChI is InChI=1S/C22H34N4O2Si/c1-16-8-6-7-9-18(16)26-20-17-10-11-25(15-28-12-13-29(3,4)5)21(17)23-14-19(20)24(2)22(26)27/h10-11,14,16,18H,6-9,12-13,15H2,1-5H3/t16-,18+/m1/s1. The quantitative estimate of drug-likeness (QED) is 0.432. The summed E-state index contributed by atoms with van der Waals surface area (Å²) in [6.45, 7) is 10.7. The molecule has 1 fully saturated rings. The molecule has 0 radical (unpaired) electrons. The zero-order valence-corrected chi connectivity index (χ0v) is 19.4. The van der Waals surface area contributed by atoms with Gasteiger partial charge in [-0.15, -0.1) is 0 Å². The third kappa shape index (κ3) is 3.82. The number of ether oxygens (including phenoxy) is 1. The molecule has 0 spiro atoms. The van der Waals surface area contributed by atoms with Crippen LogP contribution < -0.4 is 5.69 Å². The molecule has 3 aromatic rings. The maximum atomic E-state index is 13.2. The number of fused-ring (bicyclic) bond motifs is 3. The molecule has 1 aliphatic rings. The fraction of sp³-hybridized carbons (Fsp3) is 0.636. The fourth-order valence-corrected chi connectivity index (χ4v) is 5.36. The van der Waals surface area contributed by atoms with Crippen LogP contribution in [-0.4, -0.2) is 33.4 Å². The molecule has 29 heavy (non-hydrogen) atoms. The van der Waals surface area contributed by atoms with Crippen molar-refractivity contribution in [3.05, 3.63) is 28.9 Å². The van der Waals surface area contributed by atoms with Crippen molar-refractivity contribution in [2.45, 2.75) is 71.1 Å². The highest BCUT2D eigenvalue weighted by atomic mass is 28.3. The first-order valence-electron chi connectivity index (χ1n) is 10.9. The van der Waals surface area contributed by atoms with Crippen molar-refractivity contribution >= 4 is 30.1 Å². The van der Waals surface area contributed by atoms with E-state index in [2.05, 4.69) is 41.8 Å². The molecule has 0 saturated heterocycles. The Kier molecular flexibility index (Phi) is 5.46. The van der Waals surface area contributed by atoms with Crippen molar-refractivity contribution in [2.24, 2.45) is 13.0 Å². The van der Waals surface area contributed by atoms with Crippen molar-refractivity contribution in [1.82, 2.24) is 18.7 Å². The number of aryl methyl sites for hydroxylation is 1. The number of imidazole rings is 1. The van der Waals surface area contributed by atoms with Gasteiger partial charge < -0.3 is 9.30 Å². The van der Waals surface area contributed by atoms with Gasteiger partial charge in [-0.2, -0.15) is 0 Å². The molecule has 158 valence electrons. The van der Waals surface area contributed by atoms with Crippen LogP contribution in [0.5, 0.6) is 0 Å². The summed E-state index contributed by atoms with van der Waals surface area (Å²) in [6.07, 6.45) is 8.61. The summed E-state index contributed by atoms with van der Waals surface area (Å²) >= 11 is 0. The Bertz CT molecular complexity index is 1070. The lowest BCUT2D eigenvalue weighted by atomic mass is 9.85. The van der Waals surface area contributed by atoms with Gasteiger partial charge in [0.15, 0.2) is 0 Å². The molecular formula is C22H34N4O2Si.